The van der Waals surface area contributed by atoms with Crippen LogP contribution in [0.2, 0.25) is 0 Å². The molecule has 0 atom stereocenters. The molecule has 1 nitrogen and oxygen atoms in total. The quantitative estimate of drug-likeness (QED) is 0.372. The summed E-state index contributed by atoms with van der Waals surface area (Å²) in [6.07, 6.45) is 15.0. The van der Waals surface area contributed by atoms with Crippen molar-refractivity contribution in [3.8, 4) is 5.75 Å². The van der Waals surface area contributed by atoms with Crippen molar-refractivity contribution in [1.82, 2.24) is 0 Å². The van der Waals surface area contributed by atoms with Crippen LogP contribution in [0.1, 0.15) is 79.5 Å². The molecule has 1 aromatic carbocycles. The normalized spacial score (nSPS) is 10.2. The van der Waals surface area contributed by atoms with Crippen LogP contribution in [0.5, 0.6) is 5.75 Å². The summed E-state index contributed by atoms with van der Waals surface area (Å²) < 4.78 is 0. The Bertz CT molecular complexity index is 317. The zero-order chi connectivity index (χ0) is 13.8. The first-order chi connectivity index (χ1) is 9.33. The smallest absolute Gasteiger partial charge is 1.00 e. The van der Waals surface area contributed by atoms with E-state index in [1.807, 2.05) is 12.1 Å². The third kappa shape index (κ3) is 11.3. The minimum Gasteiger partial charge on any atom is -1.00 e. The molecule has 112 valence electrons. The van der Waals surface area contributed by atoms with Gasteiger partial charge in [-0.05, 0) is 30.5 Å². The molecule has 1 aromatic rings. The molecule has 2 heteroatoms. The van der Waals surface area contributed by atoms with Crippen molar-refractivity contribution in [3.63, 3.8) is 0 Å². The number of hydrogen-bond acceptors (Lipinski definition) is 1. The molecule has 0 aliphatic heterocycles. The minimum absolute atomic E-state index is 0. The summed E-state index contributed by atoms with van der Waals surface area (Å²) >= 11 is 0. The standard InChI is InChI=1S/C18H30O.Ba.2H/c1-2-3-4-5-6-7-8-9-10-11-12-17-13-15-18(19)16-14-17;;;/h13-16,19H,2-12H2,1H3;;;/q;+2;2*-1. The number of phenols is 1. The molecule has 0 heterocycles. The largest absolute Gasteiger partial charge is 2.00 e. The van der Waals surface area contributed by atoms with Gasteiger partial charge < -0.3 is 7.96 Å². The van der Waals surface area contributed by atoms with Crippen molar-refractivity contribution in [2.45, 2.75) is 77.6 Å². The molecule has 0 aromatic heterocycles. The molecule has 0 unspecified atom stereocenters. The number of rotatable bonds is 11. The third-order valence-electron chi connectivity index (χ3n) is 3.76. The topological polar surface area (TPSA) is 20.2 Å². The maximum Gasteiger partial charge on any atom is 2.00 e. The van der Waals surface area contributed by atoms with Crippen molar-refractivity contribution in [3.05, 3.63) is 29.8 Å². The van der Waals surface area contributed by atoms with E-state index in [9.17, 15) is 5.11 Å². The van der Waals surface area contributed by atoms with Crippen molar-refractivity contribution in [2.75, 3.05) is 0 Å². The van der Waals surface area contributed by atoms with Gasteiger partial charge in [0.2, 0.25) is 0 Å². The molecule has 1 rings (SSSR count). The van der Waals surface area contributed by atoms with Crippen LogP contribution in [0.15, 0.2) is 24.3 Å². The summed E-state index contributed by atoms with van der Waals surface area (Å²) in [6.45, 7) is 2.27. The van der Waals surface area contributed by atoms with Gasteiger partial charge in [0, 0.05) is 0 Å². The Balaban J connectivity index is -0.00000120. The van der Waals surface area contributed by atoms with Crippen molar-refractivity contribution < 1.29 is 7.96 Å². The van der Waals surface area contributed by atoms with Gasteiger partial charge in [0.05, 0.1) is 0 Å². The molecule has 0 fully saturated rings. The average Bonchev–Trinajstić information content (AvgIpc) is 2.43. The molecular formula is C18H32BaO. The van der Waals surface area contributed by atoms with Crippen molar-refractivity contribution in [1.29, 1.82) is 0 Å². The Hall–Kier alpha value is 0.591. The average molecular weight is 402 g/mol. The fourth-order valence-electron chi connectivity index (χ4n) is 2.48. The van der Waals surface area contributed by atoms with E-state index in [-0.39, 0.29) is 51.7 Å². The van der Waals surface area contributed by atoms with E-state index in [2.05, 4.69) is 6.92 Å². The van der Waals surface area contributed by atoms with Crippen LogP contribution in [0.4, 0.5) is 0 Å². The molecule has 0 spiro atoms. The number of hydrogen-bond donors (Lipinski definition) is 1. The van der Waals surface area contributed by atoms with Gasteiger partial charge in [0.25, 0.3) is 0 Å². The first kappa shape index (κ1) is 20.6. The van der Waals surface area contributed by atoms with Gasteiger partial charge in [-0.25, -0.2) is 0 Å². The van der Waals surface area contributed by atoms with E-state index >= 15 is 0 Å². The Labute approximate surface area is 168 Å². The Morgan fingerprint density at radius 3 is 1.70 bits per heavy atom. The molecule has 0 bridgehead atoms. The molecule has 0 saturated heterocycles. The van der Waals surface area contributed by atoms with Gasteiger partial charge in [-0.3, -0.25) is 0 Å². The first-order valence-electron chi connectivity index (χ1n) is 8.11. The predicted octanol–water partition coefficient (Wildman–Crippen LogP) is 5.70. The van der Waals surface area contributed by atoms with Crippen molar-refractivity contribution >= 4 is 48.9 Å². The Morgan fingerprint density at radius 1 is 0.750 bits per heavy atom. The van der Waals surface area contributed by atoms with Crippen LogP contribution in [-0.4, -0.2) is 54.0 Å². The number of benzene rings is 1. The van der Waals surface area contributed by atoms with Crippen LogP contribution in [-0.2, 0) is 6.42 Å². The molecule has 1 N–H and O–H groups in total. The third-order valence-corrected chi connectivity index (χ3v) is 3.76. The van der Waals surface area contributed by atoms with Gasteiger partial charge >= 0.3 is 48.9 Å². The summed E-state index contributed by atoms with van der Waals surface area (Å²) in [4.78, 5) is 0. The van der Waals surface area contributed by atoms with Crippen molar-refractivity contribution in [2.24, 2.45) is 0 Å². The predicted molar refractivity (Wildman–Crippen MR) is 91.6 cm³/mol. The Kier molecular flexibility index (Phi) is 15.0. The van der Waals surface area contributed by atoms with Gasteiger partial charge in [0.15, 0.2) is 0 Å². The molecule has 0 radical (unpaired) electrons. The monoisotopic (exact) mass is 402 g/mol. The SMILES string of the molecule is CCCCCCCCCCCCc1ccc(O)cc1.[Ba+2].[H-].[H-]. The fraction of sp³-hybridized carbons (Fsp3) is 0.667. The van der Waals surface area contributed by atoms with Crippen LogP contribution in [0, 0.1) is 0 Å². The second kappa shape index (κ2) is 14.5. The summed E-state index contributed by atoms with van der Waals surface area (Å²) in [6, 6.07) is 7.63. The van der Waals surface area contributed by atoms with E-state index in [1.54, 1.807) is 12.1 Å². The molecular weight excluding hydrogens is 370 g/mol. The number of phenolic OH excluding ortho intramolecular Hbond substituents is 1. The van der Waals surface area contributed by atoms with E-state index in [1.165, 1.54) is 69.8 Å². The summed E-state index contributed by atoms with van der Waals surface area (Å²) in [5.41, 5.74) is 1.34. The fourth-order valence-corrected chi connectivity index (χ4v) is 2.48. The van der Waals surface area contributed by atoms with Gasteiger partial charge in [-0.15, -0.1) is 0 Å². The molecule has 0 aliphatic carbocycles. The summed E-state index contributed by atoms with van der Waals surface area (Å²) in [5, 5.41) is 9.20. The van der Waals surface area contributed by atoms with E-state index in [0.717, 1.165) is 6.42 Å². The number of aromatic hydroxyl groups is 1. The molecule has 0 amide bonds. The molecule has 0 saturated carbocycles. The van der Waals surface area contributed by atoms with Crippen LogP contribution in [0.3, 0.4) is 0 Å². The van der Waals surface area contributed by atoms with Crippen LogP contribution < -0.4 is 0 Å². The summed E-state index contributed by atoms with van der Waals surface area (Å²) in [5.74, 6) is 0.367. The summed E-state index contributed by atoms with van der Waals surface area (Å²) in [7, 11) is 0. The second-order valence-electron chi connectivity index (χ2n) is 5.60. The zero-order valence-electron chi connectivity index (χ0n) is 15.2. The molecule has 0 aliphatic rings. The van der Waals surface area contributed by atoms with Crippen LogP contribution in [0.25, 0.3) is 0 Å². The minimum atomic E-state index is 0. The van der Waals surface area contributed by atoms with E-state index in [0.29, 0.717) is 5.75 Å². The maximum absolute atomic E-state index is 9.20. The van der Waals surface area contributed by atoms with E-state index in [4.69, 9.17) is 0 Å². The molecule has 20 heavy (non-hydrogen) atoms. The second-order valence-corrected chi connectivity index (χ2v) is 5.60. The van der Waals surface area contributed by atoms with Gasteiger partial charge in [-0.1, -0.05) is 76.8 Å². The Morgan fingerprint density at radius 2 is 1.20 bits per heavy atom. The maximum atomic E-state index is 9.20. The first-order valence-corrected chi connectivity index (χ1v) is 8.11. The van der Waals surface area contributed by atoms with E-state index < -0.39 is 0 Å². The zero-order valence-corrected chi connectivity index (χ0v) is 17.7. The number of unbranched alkanes of at least 4 members (excludes halogenated alkanes) is 9. The van der Waals surface area contributed by atoms with Gasteiger partial charge in [-0.2, -0.15) is 0 Å². The van der Waals surface area contributed by atoms with Gasteiger partial charge in [0.1, 0.15) is 5.75 Å². The number of aryl methyl sites for hydroxylation is 1. The van der Waals surface area contributed by atoms with Crippen LogP contribution >= 0.6 is 0 Å².